The fourth-order valence-electron chi connectivity index (χ4n) is 1.14. The zero-order valence-electron chi connectivity index (χ0n) is 10.8. The normalized spacial score (nSPS) is 9.41. The highest BCUT2D eigenvalue weighted by Crippen LogP contribution is 2.28. The zero-order valence-corrected chi connectivity index (χ0v) is 16.4. The molecule has 0 saturated carbocycles. The van der Waals surface area contributed by atoms with Crippen molar-refractivity contribution in [2.75, 3.05) is 26.2 Å². The van der Waals surface area contributed by atoms with Crippen LogP contribution in [0.1, 0.15) is 27.7 Å². The summed E-state index contributed by atoms with van der Waals surface area (Å²) in [6.45, 7) is 12.3. The Balaban J connectivity index is 0. The van der Waals surface area contributed by atoms with E-state index >= 15 is 0 Å². The van der Waals surface area contributed by atoms with Crippen LogP contribution >= 0.6 is 70.0 Å². The van der Waals surface area contributed by atoms with Crippen LogP contribution in [0.25, 0.3) is 0 Å². The molecule has 0 rings (SSSR count). The Kier molecular flexibility index (Phi) is 14.8. The molecule has 0 fully saturated rings. The van der Waals surface area contributed by atoms with Crippen molar-refractivity contribution in [3.05, 3.63) is 0 Å². The predicted molar refractivity (Wildman–Crippen MR) is 102 cm³/mol. The van der Waals surface area contributed by atoms with Gasteiger partial charge in [0.05, 0.1) is 0 Å². The molecule has 0 spiro atoms. The van der Waals surface area contributed by atoms with Gasteiger partial charge in [-0.1, -0.05) is 24.4 Å². The molecule has 0 aliphatic heterocycles. The fraction of sp³-hybridized carbons (Fsp3) is 0.800. The van der Waals surface area contributed by atoms with Crippen LogP contribution in [0.2, 0.25) is 0 Å². The minimum atomic E-state index is 0. The van der Waals surface area contributed by atoms with Crippen LogP contribution in [0.4, 0.5) is 0 Å². The van der Waals surface area contributed by atoms with Gasteiger partial charge in [-0.3, -0.25) is 0 Å². The lowest BCUT2D eigenvalue weighted by molar-refractivity contribution is 0.482. The number of hydrogen-bond donors (Lipinski definition) is 0. The second-order valence-electron chi connectivity index (χ2n) is 3.04. The molecular formula is C10H21IN2S4. The summed E-state index contributed by atoms with van der Waals surface area (Å²) in [4.78, 5) is 4.33. The smallest absolute Gasteiger partial charge is 0.147 e. The Morgan fingerprint density at radius 1 is 0.765 bits per heavy atom. The highest BCUT2D eigenvalue weighted by atomic mass is 127. The summed E-state index contributed by atoms with van der Waals surface area (Å²) in [5, 5.41) is 0. The van der Waals surface area contributed by atoms with E-state index in [1.807, 2.05) is 0 Å². The number of halogens is 1. The number of rotatable bonds is 4. The molecule has 0 atom stereocenters. The van der Waals surface area contributed by atoms with Crippen molar-refractivity contribution in [2.24, 2.45) is 0 Å². The maximum Gasteiger partial charge on any atom is 0.147 e. The van der Waals surface area contributed by atoms with E-state index in [4.69, 9.17) is 24.4 Å². The van der Waals surface area contributed by atoms with Gasteiger partial charge in [-0.05, 0) is 49.3 Å². The summed E-state index contributed by atoms with van der Waals surface area (Å²) in [7, 11) is 3.18. The quantitative estimate of drug-likeness (QED) is 0.376. The minimum absolute atomic E-state index is 0. The van der Waals surface area contributed by atoms with Gasteiger partial charge in [0.2, 0.25) is 0 Å². The standard InChI is InChI=1S/C10H20N2S4.HI/c1-5-11(6-2)9(13)15-16-10(14)12(7-3)8-4;/h5-8H2,1-4H3;1H. The van der Waals surface area contributed by atoms with Crippen LogP contribution < -0.4 is 0 Å². The Morgan fingerprint density at radius 2 is 1.00 bits per heavy atom. The van der Waals surface area contributed by atoms with Gasteiger partial charge in [-0.15, -0.1) is 24.0 Å². The highest BCUT2D eigenvalue weighted by molar-refractivity contribution is 14.0. The highest BCUT2D eigenvalue weighted by Gasteiger charge is 2.11. The molecule has 0 saturated heterocycles. The maximum atomic E-state index is 5.34. The van der Waals surface area contributed by atoms with Gasteiger partial charge in [0.1, 0.15) is 8.64 Å². The van der Waals surface area contributed by atoms with E-state index in [-0.39, 0.29) is 24.0 Å². The summed E-state index contributed by atoms with van der Waals surface area (Å²) in [6.07, 6.45) is 0. The molecule has 0 amide bonds. The largest absolute Gasteiger partial charge is 0.357 e. The first-order valence-electron chi connectivity index (χ1n) is 5.52. The topological polar surface area (TPSA) is 6.48 Å². The molecule has 0 aliphatic carbocycles. The maximum absolute atomic E-state index is 5.34. The summed E-state index contributed by atoms with van der Waals surface area (Å²) in [5.74, 6) is 0. The number of nitrogens with zero attached hydrogens (tertiary/aromatic N) is 2. The van der Waals surface area contributed by atoms with Crippen molar-refractivity contribution in [1.29, 1.82) is 0 Å². The van der Waals surface area contributed by atoms with Gasteiger partial charge in [0, 0.05) is 26.2 Å². The molecule has 7 heteroatoms. The Labute approximate surface area is 141 Å². The van der Waals surface area contributed by atoms with Crippen LogP contribution in [0.5, 0.6) is 0 Å². The van der Waals surface area contributed by atoms with E-state index in [1.165, 1.54) is 0 Å². The van der Waals surface area contributed by atoms with E-state index in [2.05, 4.69) is 37.5 Å². The lowest BCUT2D eigenvalue weighted by Crippen LogP contribution is -2.28. The van der Waals surface area contributed by atoms with Crippen molar-refractivity contribution in [2.45, 2.75) is 27.7 Å². The van der Waals surface area contributed by atoms with Crippen molar-refractivity contribution >= 4 is 78.6 Å². The third kappa shape index (κ3) is 8.07. The third-order valence-corrected chi connectivity index (χ3v) is 5.96. The van der Waals surface area contributed by atoms with Gasteiger partial charge in [0.15, 0.2) is 0 Å². The molecule has 17 heavy (non-hydrogen) atoms. The van der Waals surface area contributed by atoms with Crippen LogP contribution in [0, 0.1) is 0 Å². The molecule has 0 aromatic heterocycles. The van der Waals surface area contributed by atoms with Crippen LogP contribution in [0.15, 0.2) is 0 Å². The lowest BCUT2D eigenvalue weighted by Gasteiger charge is -2.23. The van der Waals surface area contributed by atoms with Crippen molar-refractivity contribution in [1.82, 2.24) is 9.80 Å². The van der Waals surface area contributed by atoms with E-state index in [1.54, 1.807) is 21.6 Å². The lowest BCUT2D eigenvalue weighted by atomic mass is 10.6. The summed E-state index contributed by atoms with van der Waals surface area (Å²) >= 11 is 10.7. The first-order chi connectivity index (χ1) is 7.60. The molecule has 0 N–H and O–H groups in total. The van der Waals surface area contributed by atoms with E-state index in [0.29, 0.717) is 0 Å². The Morgan fingerprint density at radius 3 is 1.18 bits per heavy atom. The van der Waals surface area contributed by atoms with Crippen molar-refractivity contribution < 1.29 is 0 Å². The molecule has 0 aromatic carbocycles. The molecule has 0 aliphatic rings. The molecule has 0 unspecified atom stereocenters. The fourth-order valence-corrected chi connectivity index (χ4v) is 4.20. The summed E-state index contributed by atoms with van der Waals surface area (Å²) < 4.78 is 1.84. The molecule has 102 valence electrons. The molecule has 0 aromatic rings. The first-order valence-corrected chi connectivity index (χ1v) is 8.49. The second-order valence-corrected chi connectivity index (χ2v) is 6.44. The number of thiocarbonyl (C=S) groups is 2. The molecular weight excluding hydrogens is 403 g/mol. The van der Waals surface area contributed by atoms with Gasteiger partial charge in [-0.25, -0.2) is 0 Å². The average Bonchev–Trinajstić information content (AvgIpc) is 2.29. The van der Waals surface area contributed by atoms with Gasteiger partial charge < -0.3 is 9.80 Å². The zero-order chi connectivity index (χ0) is 12.6. The Hall–Kier alpha value is 1.21. The van der Waals surface area contributed by atoms with Crippen molar-refractivity contribution in [3.8, 4) is 0 Å². The third-order valence-electron chi connectivity index (χ3n) is 2.23. The summed E-state index contributed by atoms with van der Waals surface area (Å²) in [5.41, 5.74) is 0. The van der Waals surface area contributed by atoms with Crippen LogP contribution in [0.3, 0.4) is 0 Å². The predicted octanol–water partition coefficient (Wildman–Crippen LogP) is 4.24. The first kappa shape index (κ1) is 20.5. The molecule has 0 bridgehead atoms. The molecule has 0 radical (unpaired) electrons. The second kappa shape index (κ2) is 12.3. The molecule has 0 heterocycles. The van der Waals surface area contributed by atoms with Crippen LogP contribution in [-0.4, -0.2) is 44.6 Å². The minimum Gasteiger partial charge on any atom is -0.357 e. The monoisotopic (exact) mass is 424 g/mol. The van der Waals surface area contributed by atoms with E-state index in [0.717, 1.165) is 34.8 Å². The van der Waals surface area contributed by atoms with E-state index < -0.39 is 0 Å². The number of hydrogen-bond acceptors (Lipinski definition) is 4. The van der Waals surface area contributed by atoms with Crippen LogP contribution in [-0.2, 0) is 0 Å². The average molecular weight is 424 g/mol. The SMILES string of the molecule is CCN(CC)C(=S)SSC(=S)N(CC)CC.I. The van der Waals surface area contributed by atoms with Gasteiger partial charge in [-0.2, -0.15) is 0 Å². The van der Waals surface area contributed by atoms with Crippen molar-refractivity contribution in [3.63, 3.8) is 0 Å². The van der Waals surface area contributed by atoms with Gasteiger partial charge >= 0.3 is 0 Å². The summed E-state index contributed by atoms with van der Waals surface area (Å²) in [6, 6.07) is 0. The molecule has 2 nitrogen and oxygen atoms in total. The van der Waals surface area contributed by atoms with Gasteiger partial charge in [0.25, 0.3) is 0 Å². The van der Waals surface area contributed by atoms with E-state index in [9.17, 15) is 0 Å². The Bertz CT molecular complexity index is 206.